The zero-order chi connectivity index (χ0) is 16.8. The number of aromatic nitrogens is 2. The van der Waals surface area contributed by atoms with Crippen molar-refractivity contribution >= 4 is 5.91 Å². The molecule has 1 amide bonds. The minimum Gasteiger partial charge on any atom is -0.481 e. The number of rotatable bonds is 5. The fourth-order valence-electron chi connectivity index (χ4n) is 2.97. The van der Waals surface area contributed by atoms with Crippen LogP contribution in [0.25, 0.3) is 11.5 Å². The van der Waals surface area contributed by atoms with E-state index in [9.17, 15) is 4.79 Å². The van der Waals surface area contributed by atoms with Gasteiger partial charge in [-0.3, -0.25) is 4.79 Å². The molecule has 0 saturated heterocycles. The second kappa shape index (κ2) is 7.95. The molecule has 0 aliphatic heterocycles. The van der Waals surface area contributed by atoms with Crippen molar-refractivity contribution in [2.45, 2.75) is 57.6 Å². The molecule has 24 heavy (non-hydrogen) atoms. The van der Waals surface area contributed by atoms with Gasteiger partial charge in [-0.15, -0.1) is 10.2 Å². The number of carbonyl (C=O) groups is 1. The van der Waals surface area contributed by atoms with Gasteiger partial charge in [0.05, 0.1) is 0 Å². The lowest BCUT2D eigenvalue weighted by molar-refractivity contribution is -0.128. The zero-order valence-electron chi connectivity index (χ0n) is 13.9. The molecule has 3 rings (SSSR count). The third-order valence-corrected chi connectivity index (χ3v) is 4.34. The van der Waals surface area contributed by atoms with E-state index in [0.29, 0.717) is 11.6 Å². The number of nitrogens with one attached hydrogen (secondary N) is 1. The van der Waals surface area contributed by atoms with Crippen molar-refractivity contribution < 1.29 is 13.9 Å². The van der Waals surface area contributed by atoms with E-state index in [2.05, 4.69) is 15.5 Å². The van der Waals surface area contributed by atoms with Crippen molar-refractivity contribution in [1.82, 2.24) is 15.5 Å². The average Bonchev–Trinajstić information content (AvgIpc) is 3.01. The predicted molar refractivity (Wildman–Crippen MR) is 89.5 cm³/mol. The van der Waals surface area contributed by atoms with Crippen molar-refractivity contribution in [3.05, 3.63) is 30.7 Å². The van der Waals surface area contributed by atoms with Crippen molar-refractivity contribution in [2.24, 2.45) is 0 Å². The Morgan fingerprint density at radius 3 is 2.54 bits per heavy atom. The van der Waals surface area contributed by atoms with Gasteiger partial charge in [-0.2, -0.15) is 0 Å². The summed E-state index contributed by atoms with van der Waals surface area (Å²) >= 11 is 0. The fraction of sp³-hybridized carbons (Fsp3) is 0.500. The van der Waals surface area contributed by atoms with Crippen LogP contribution in [0.5, 0.6) is 5.75 Å². The third kappa shape index (κ3) is 4.34. The van der Waals surface area contributed by atoms with Gasteiger partial charge in [0, 0.05) is 11.6 Å². The SMILES string of the molecule is CC(Oc1ccc(-c2nnco2)cc1)C(=O)NC1CCCCCC1. The fourth-order valence-corrected chi connectivity index (χ4v) is 2.97. The monoisotopic (exact) mass is 329 g/mol. The quantitative estimate of drug-likeness (QED) is 0.851. The standard InChI is InChI=1S/C18H23N3O3/c1-13(17(22)20-15-6-4-2-3-5-7-15)24-16-10-8-14(9-11-16)18-21-19-12-23-18/h8-13,15H,2-7H2,1H3,(H,20,22). The molecular formula is C18H23N3O3. The van der Waals surface area contributed by atoms with Gasteiger partial charge in [0.15, 0.2) is 6.10 Å². The van der Waals surface area contributed by atoms with E-state index < -0.39 is 6.10 Å². The number of ether oxygens (including phenoxy) is 1. The summed E-state index contributed by atoms with van der Waals surface area (Å²) in [6.07, 6.45) is 7.82. The van der Waals surface area contributed by atoms with Crippen LogP contribution in [0.15, 0.2) is 35.1 Å². The lowest BCUT2D eigenvalue weighted by Crippen LogP contribution is -2.42. The summed E-state index contributed by atoms with van der Waals surface area (Å²) in [7, 11) is 0. The van der Waals surface area contributed by atoms with Crippen LogP contribution in [-0.2, 0) is 4.79 Å². The Morgan fingerprint density at radius 2 is 1.92 bits per heavy atom. The van der Waals surface area contributed by atoms with Gasteiger partial charge in [-0.25, -0.2) is 0 Å². The largest absolute Gasteiger partial charge is 0.481 e. The third-order valence-electron chi connectivity index (χ3n) is 4.34. The molecule has 1 N–H and O–H groups in total. The first kappa shape index (κ1) is 16.5. The van der Waals surface area contributed by atoms with Gasteiger partial charge >= 0.3 is 0 Å². The van der Waals surface area contributed by atoms with Crippen molar-refractivity contribution in [1.29, 1.82) is 0 Å². The van der Waals surface area contributed by atoms with Crippen molar-refractivity contribution in [3.8, 4) is 17.2 Å². The molecule has 2 aromatic rings. The van der Waals surface area contributed by atoms with Crippen LogP contribution in [0, 0.1) is 0 Å². The molecule has 0 spiro atoms. The molecule has 1 heterocycles. The predicted octanol–water partition coefficient (Wildman–Crippen LogP) is 3.34. The first-order valence-electron chi connectivity index (χ1n) is 8.56. The van der Waals surface area contributed by atoms with Gasteiger partial charge in [-0.05, 0) is 44.0 Å². The Bertz CT molecular complexity index is 632. The maximum absolute atomic E-state index is 12.3. The Kier molecular flexibility index (Phi) is 5.46. The number of benzene rings is 1. The molecule has 1 fully saturated rings. The molecule has 6 heteroatoms. The number of hydrogen-bond acceptors (Lipinski definition) is 5. The highest BCUT2D eigenvalue weighted by atomic mass is 16.5. The molecule has 6 nitrogen and oxygen atoms in total. The normalized spacial score (nSPS) is 17.0. The summed E-state index contributed by atoms with van der Waals surface area (Å²) in [4.78, 5) is 12.3. The lowest BCUT2D eigenvalue weighted by atomic mass is 10.1. The lowest BCUT2D eigenvalue weighted by Gasteiger charge is -2.20. The second-order valence-corrected chi connectivity index (χ2v) is 6.23. The van der Waals surface area contributed by atoms with Gasteiger partial charge in [0.25, 0.3) is 5.91 Å². The minimum atomic E-state index is -0.525. The maximum atomic E-state index is 12.3. The molecule has 1 aromatic carbocycles. The topological polar surface area (TPSA) is 77.2 Å². The molecule has 1 aliphatic rings. The van der Waals surface area contributed by atoms with Gasteiger partial charge in [-0.1, -0.05) is 25.7 Å². The van der Waals surface area contributed by atoms with E-state index >= 15 is 0 Å². The van der Waals surface area contributed by atoms with Crippen LogP contribution in [0.3, 0.4) is 0 Å². The number of amides is 1. The van der Waals surface area contributed by atoms with Gasteiger partial charge < -0.3 is 14.5 Å². The maximum Gasteiger partial charge on any atom is 0.260 e. The molecule has 1 aliphatic carbocycles. The smallest absolute Gasteiger partial charge is 0.260 e. The zero-order valence-corrected chi connectivity index (χ0v) is 13.9. The van der Waals surface area contributed by atoms with Crippen molar-refractivity contribution in [3.63, 3.8) is 0 Å². The van der Waals surface area contributed by atoms with E-state index in [-0.39, 0.29) is 11.9 Å². The summed E-state index contributed by atoms with van der Waals surface area (Å²) in [5.41, 5.74) is 0.815. The van der Waals surface area contributed by atoms with E-state index in [0.717, 1.165) is 18.4 Å². The minimum absolute atomic E-state index is 0.0529. The summed E-state index contributed by atoms with van der Waals surface area (Å²) < 4.78 is 10.9. The number of carbonyl (C=O) groups excluding carboxylic acids is 1. The highest BCUT2D eigenvalue weighted by Crippen LogP contribution is 2.21. The molecule has 0 bridgehead atoms. The van der Waals surface area contributed by atoms with E-state index in [1.165, 1.54) is 32.1 Å². The summed E-state index contributed by atoms with van der Waals surface area (Å²) in [5, 5.41) is 10.6. The Hall–Kier alpha value is -2.37. The molecule has 1 aromatic heterocycles. The summed E-state index contributed by atoms with van der Waals surface area (Å²) in [6.45, 7) is 1.78. The van der Waals surface area contributed by atoms with Gasteiger partial charge in [0.2, 0.25) is 12.3 Å². The van der Waals surface area contributed by atoms with Crippen LogP contribution >= 0.6 is 0 Å². The highest BCUT2D eigenvalue weighted by molar-refractivity contribution is 5.81. The molecule has 1 saturated carbocycles. The van der Waals surface area contributed by atoms with Crippen LogP contribution in [-0.4, -0.2) is 28.3 Å². The number of hydrogen-bond donors (Lipinski definition) is 1. The van der Waals surface area contributed by atoms with Crippen molar-refractivity contribution in [2.75, 3.05) is 0 Å². The van der Waals surface area contributed by atoms with E-state index in [1.807, 2.05) is 12.1 Å². The summed E-state index contributed by atoms with van der Waals surface area (Å²) in [6, 6.07) is 7.55. The first-order chi connectivity index (χ1) is 11.7. The highest BCUT2D eigenvalue weighted by Gasteiger charge is 2.20. The molecule has 128 valence electrons. The first-order valence-corrected chi connectivity index (χ1v) is 8.56. The number of nitrogens with zero attached hydrogens (tertiary/aromatic N) is 2. The van der Waals surface area contributed by atoms with Gasteiger partial charge in [0.1, 0.15) is 5.75 Å². The molecule has 0 radical (unpaired) electrons. The van der Waals surface area contributed by atoms with E-state index in [4.69, 9.17) is 9.15 Å². The average molecular weight is 329 g/mol. The van der Waals surface area contributed by atoms with Crippen LogP contribution < -0.4 is 10.1 Å². The Labute approximate surface area is 141 Å². The Balaban J connectivity index is 1.53. The molecular weight excluding hydrogens is 306 g/mol. The molecule has 1 unspecified atom stereocenters. The second-order valence-electron chi connectivity index (χ2n) is 6.23. The van der Waals surface area contributed by atoms with Crippen LogP contribution in [0.4, 0.5) is 0 Å². The van der Waals surface area contributed by atoms with E-state index in [1.54, 1.807) is 19.1 Å². The van der Waals surface area contributed by atoms with Crippen LogP contribution in [0.1, 0.15) is 45.4 Å². The molecule has 1 atom stereocenters. The summed E-state index contributed by atoms with van der Waals surface area (Å²) in [5.74, 6) is 1.05. The Morgan fingerprint density at radius 1 is 1.21 bits per heavy atom. The van der Waals surface area contributed by atoms with Crippen LogP contribution in [0.2, 0.25) is 0 Å².